The summed E-state index contributed by atoms with van der Waals surface area (Å²) in [5.41, 5.74) is 8.61. The van der Waals surface area contributed by atoms with E-state index in [1.807, 2.05) is 18.2 Å². The number of hydrogen-bond acceptors (Lipinski definition) is 4. The number of anilines is 1. The highest BCUT2D eigenvalue weighted by molar-refractivity contribution is 5.80. The normalized spacial score (nSPS) is 10.5. The lowest BCUT2D eigenvalue weighted by Crippen LogP contribution is -1.97. The number of H-pyrrole nitrogens is 1. The monoisotopic (exact) mass is 233 g/mol. The van der Waals surface area contributed by atoms with Gasteiger partial charge in [0.25, 0.3) is 0 Å². The largest absolute Gasteiger partial charge is 0.496 e. The van der Waals surface area contributed by atoms with E-state index in [9.17, 15) is 0 Å². The Hall–Kier alpha value is -2.01. The fraction of sp³-hybridized carbons (Fsp3) is 0.250. The van der Waals surface area contributed by atoms with Crippen LogP contribution in [0.4, 0.5) is 5.82 Å². The molecule has 2 rings (SSSR count). The van der Waals surface area contributed by atoms with Crippen molar-refractivity contribution in [1.29, 1.82) is 0 Å². The zero-order valence-electron chi connectivity index (χ0n) is 9.86. The lowest BCUT2D eigenvalue weighted by molar-refractivity contribution is 0.185. The van der Waals surface area contributed by atoms with Crippen LogP contribution in [0.15, 0.2) is 24.4 Å². The first-order valence-electron chi connectivity index (χ1n) is 5.22. The van der Waals surface area contributed by atoms with Crippen molar-refractivity contribution in [3.8, 4) is 16.9 Å². The molecule has 0 aliphatic carbocycles. The predicted molar refractivity (Wildman–Crippen MR) is 65.7 cm³/mol. The Morgan fingerprint density at radius 2 is 2.18 bits per heavy atom. The van der Waals surface area contributed by atoms with Gasteiger partial charge in [0.2, 0.25) is 0 Å². The molecule has 0 unspecified atom stereocenters. The number of benzene rings is 1. The van der Waals surface area contributed by atoms with Gasteiger partial charge < -0.3 is 15.2 Å². The molecule has 0 aliphatic heterocycles. The lowest BCUT2D eigenvalue weighted by atomic mass is 10.0. The van der Waals surface area contributed by atoms with Crippen LogP contribution in [-0.4, -0.2) is 24.4 Å². The third kappa shape index (κ3) is 2.09. The minimum Gasteiger partial charge on any atom is -0.496 e. The van der Waals surface area contributed by atoms with E-state index in [0.717, 1.165) is 22.4 Å². The Balaban J connectivity index is 2.60. The molecule has 90 valence electrons. The standard InChI is InChI=1S/C12H15N3O2/c1-16-7-8-4-3-5-10(17-2)11(8)9-6-14-15-12(9)13/h3-6H,7H2,1-2H3,(H3,13,14,15). The first-order chi connectivity index (χ1) is 8.27. The number of nitrogens with one attached hydrogen (secondary N) is 1. The summed E-state index contributed by atoms with van der Waals surface area (Å²) in [5.74, 6) is 1.28. The summed E-state index contributed by atoms with van der Waals surface area (Å²) in [6.07, 6.45) is 1.69. The van der Waals surface area contributed by atoms with Gasteiger partial charge in [0.1, 0.15) is 11.6 Å². The number of aromatic nitrogens is 2. The molecular formula is C12H15N3O2. The minimum absolute atomic E-state index is 0.497. The van der Waals surface area contributed by atoms with Gasteiger partial charge in [-0.25, -0.2) is 0 Å². The van der Waals surface area contributed by atoms with E-state index in [1.54, 1.807) is 20.4 Å². The third-order valence-electron chi connectivity index (χ3n) is 2.57. The molecule has 1 heterocycles. The van der Waals surface area contributed by atoms with Gasteiger partial charge in [-0.2, -0.15) is 5.10 Å². The Labute approximate surface area is 99.5 Å². The highest BCUT2D eigenvalue weighted by atomic mass is 16.5. The van der Waals surface area contributed by atoms with Gasteiger partial charge >= 0.3 is 0 Å². The number of nitrogen functional groups attached to an aromatic ring is 1. The molecule has 17 heavy (non-hydrogen) atoms. The second-order valence-electron chi connectivity index (χ2n) is 3.62. The topological polar surface area (TPSA) is 73.2 Å². The summed E-state index contributed by atoms with van der Waals surface area (Å²) in [6, 6.07) is 5.79. The van der Waals surface area contributed by atoms with Gasteiger partial charge in [-0.05, 0) is 11.6 Å². The van der Waals surface area contributed by atoms with Gasteiger partial charge in [-0.3, -0.25) is 5.10 Å². The Kier molecular flexibility index (Phi) is 3.30. The van der Waals surface area contributed by atoms with Crippen molar-refractivity contribution in [3.63, 3.8) is 0 Å². The summed E-state index contributed by atoms with van der Waals surface area (Å²) >= 11 is 0. The molecule has 1 aromatic heterocycles. The molecule has 0 saturated carbocycles. The molecule has 0 bridgehead atoms. The first kappa shape index (κ1) is 11.5. The average Bonchev–Trinajstić information content (AvgIpc) is 2.75. The quantitative estimate of drug-likeness (QED) is 0.844. The van der Waals surface area contributed by atoms with Crippen LogP contribution >= 0.6 is 0 Å². The highest BCUT2D eigenvalue weighted by Gasteiger charge is 2.15. The summed E-state index contributed by atoms with van der Waals surface area (Å²) < 4.78 is 10.5. The van der Waals surface area contributed by atoms with E-state index in [0.29, 0.717) is 12.4 Å². The molecule has 1 aromatic carbocycles. The summed E-state index contributed by atoms with van der Waals surface area (Å²) in [5, 5.41) is 6.65. The zero-order valence-corrected chi connectivity index (χ0v) is 9.86. The van der Waals surface area contributed by atoms with Crippen LogP contribution in [0.2, 0.25) is 0 Å². The first-order valence-corrected chi connectivity index (χ1v) is 5.22. The fourth-order valence-corrected chi connectivity index (χ4v) is 1.82. The average molecular weight is 233 g/mol. The number of hydrogen-bond donors (Lipinski definition) is 2. The maximum absolute atomic E-state index is 5.85. The number of nitrogens with two attached hydrogens (primary N) is 1. The van der Waals surface area contributed by atoms with Crippen molar-refractivity contribution in [2.24, 2.45) is 0 Å². The minimum atomic E-state index is 0.497. The van der Waals surface area contributed by atoms with Gasteiger partial charge in [-0.1, -0.05) is 12.1 Å². The van der Waals surface area contributed by atoms with Crippen molar-refractivity contribution in [3.05, 3.63) is 30.0 Å². The van der Waals surface area contributed by atoms with Crippen molar-refractivity contribution in [2.75, 3.05) is 20.0 Å². The molecule has 2 aromatic rings. The van der Waals surface area contributed by atoms with E-state index in [4.69, 9.17) is 15.2 Å². The van der Waals surface area contributed by atoms with Gasteiger partial charge in [0, 0.05) is 18.2 Å². The molecule has 0 atom stereocenters. The maximum atomic E-state index is 5.85. The Morgan fingerprint density at radius 1 is 1.35 bits per heavy atom. The molecule has 0 amide bonds. The van der Waals surface area contributed by atoms with Crippen molar-refractivity contribution in [2.45, 2.75) is 6.61 Å². The maximum Gasteiger partial charge on any atom is 0.127 e. The van der Waals surface area contributed by atoms with Crippen LogP contribution in [0.1, 0.15) is 5.56 Å². The predicted octanol–water partition coefficient (Wildman–Crippen LogP) is 1.81. The van der Waals surface area contributed by atoms with Crippen molar-refractivity contribution in [1.82, 2.24) is 10.2 Å². The molecule has 3 N–H and O–H groups in total. The van der Waals surface area contributed by atoms with E-state index >= 15 is 0 Å². The lowest BCUT2D eigenvalue weighted by Gasteiger charge is -2.12. The molecule has 5 nitrogen and oxygen atoms in total. The van der Waals surface area contributed by atoms with E-state index in [1.165, 1.54) is 0 Å². The van der Waals surface area contributed by atoms with Crippen molar-refractivity contribution < 1.29 is 9.47 Å². The van der Waals surface area contributed by atoms with E-state index < -0.39 is 0 Å². The second kappa shape index (κ2) is 4.88. The van der Waals surface area contributed by atoms with Crippen LogP contribution in [-0.2, 0) is 11.3 Å². The van der Waals surface area contributed by atoms with Crippen molar-refractivity contribution >= 4 is 5.82 Å². The molecule has 0 aliphatic rings. The summed E-state index contributed by atoms with van der Waals surface area (Å²) in [6.45, 7) is 0.497. The van der Waals surface area contributed by atoms with Crippen LogP contribution in [0.3, 0.4) is 0 Å². The van der Waals surface area contributed by atoms with Crippen LogP contribution < -0.4 is 10.5 Å². The van der Waals surface area contributed by atoms with E-state index in [-0.39, 0.29) is 0 Å². The number of rotatable bonds is 4. The molecule has 5 heteroatoms. The molecule has 0 fully saturated rings. The molecule has 0 saturated heterocycles. The summed E-state index contributed by atoms with van der Waals surface area (Å²) in [4.78, 5) is 0. The number of nitrogens with zero attached hydrogens (tertiary/aromatic N) is 1. The van der Waals surface area contributed by atoms with Gasteiger partial charge in [0.05, 0.1) is 19.9 Å². The highest BCUT2D eigenvalue weighted by Crippen LogP contribution is 2.35. The number of ether oxygens (including phenoxy) is 2. The number of aromatic amines is 1. The third-order valence-corrected chi connectivity index (χ3v) is 2.57. The van der Waals surface area contributed by atoms with E-state index in [2.05, 4.69) is 10.2 Å². The van der Waals surface area contributed by atoms with Gasteiger partial charge in [-0.15, -0.1) is 0 Å². The van der Waals surface area contributed by atoms with Gasteiger partial charge in [0.15, 0.2) is 0 Å². The smallest absolute Gasteiger partial charge is 0.127 e. The fourth-order valence-electron chi connectivity index (χ4n) is 1.82. The van der Waals surface area contributed by atoms with Crippen LogP contribution in [0.5, 0.6) is 5.75 Å². The number of methoxy groups -OCH3 is 2. The van der Waals surface area contributed by atoms with Crippen LogP contribution in [0.25, 0.3) is 11.1 Å². The SMILES string of the molecule is COCc1cccc(OC)c1-c1cn[nH]c1N. The Morgan fingerprint density at radius 3 is 2.76 bits per heavy atom. The Bertz CT molecular complexity index is 508. The molecule has 0 spiro atoms. The molecule has 0 radical (unpaired) electrons. The zero-order chi connectivity index (χ0) is 12.3. The second-order valence-corrected chi connectivity index (χ2v) is 3.62. The summed E-state index contributed by atoms with van der Waals surface area (Å²) in [7, 11) is 3.29. The molecular weight excluding hydrogens is 218 g/mol. The van der Waals surface area contributed by atoms with Crippen LogP contribution in [0, 0.1) is 0 Å².